The van der Waals surface area contributed by atoms with Crippen molar-refractivity contribution in [3.63, 3.8) is 0 Å². The largest absolute Gasteiger partial charge is 0.370 e. The van der Waals surface area contributed by atoms with Crippen LogP contribution in [0.1, 0.15) is 32.8 Å². The molecule has 3 heteroatoms. The van der Waals surface area contributed by atoms with Crippen molar-refractivity contribution in [1.29, 1.82) is 0 Å². The number of rotatable bonds is 5. The average molecular weight is 238 g/mol. The normalized spacial score (nSPS) is 12.9. The number of hydrogen-bond acceptors (Lipinski definition) is 2. The third kappa shape index (κ3) is 3.70. The lowest BCUT2D eigenvalue weighted by Gasteiger charge is -2.24. The molecule has 0 radical (unpaired) electrons. The van der Waals surface area contributed by atoms with E-state index in [-0.39, 0.29) is 17.9 Å². The molecule has 1 unspecified atom stereocenters. The second kappa shape index (κ2) is 6.01. The number of benzene rings is 1. The van der Waals surface area contributed by atoms with Crippen LogP contribution in [-0.4, -0.2) is 19.1 Å². The molecule has 0 heterocycles. The van der Waals surface area contributed by atoms with E-state index in [1.807, 2.05) is 44.9 Å². The Kier molecular flexibility index (Phi) is 4.94. The molecule has 96 valence electrons. The quantitative estimate of drug-likeness (QED) is 0.854. The summed E-state index contributed by atoms with van der Waals surface area (Å²) in [4.78, 5) is 1.93. The molecule has 0 saturated carbocycles. The van der Waals surface area contributed by atoms with Crippen molar-refractivity contribution >= 4 is 5.69 Å². The SMILES string of the molecule is CCC(N)Cc1ccc(N(C)C(C)C)c(F)c1. The molecule has 0 aromatic heterocycles. The van der Waals surface area contributed by atoms with Gasteiger partial charge in [0.2, 0.25) is 0 Å². The third-order valence-corrected chi connectivity index (χ3v) is 3.19. The Labute approximate surface area is 104 Å². The fourth-order valence-corrected chi connectivity index (χ4v) is 1.69. The van der Waals surface area contributed by atoms with Gasteiger partial charge in [-0.1, -0.05) is 13.0 Å². The first-order valence-corrected chi connectivity index (χ1v) is 6.22. The van der Waals surface area contributed by atoms with E-state index in [1.165, 1.54) is 0 Å². The van der Waals surface area contributed by atoms with Crippen LogP contribution in [0.4, 0.5) is 10.1 Å². The van der Waals surface area contributed by atoms with Gasteiger partial charge in [-0.15, -0.1) is 0 Å². The summed E-state index contributed by atoms with van der Waals surface area (Å²) in [5, 5.41) is 0. The number of hydrogen-bond donors (Lipinski definition) is 1. The summed E-state index contributed by atoms with van der Waals surface area (Å²) in [7, 11) is 1.90. The lowest BCUT2D eigenvalue weighted by Crippen LogP contribution is -2.26. The van der Waals surface area contributed by atoms with Crippen LogP contribution in [0.2, 0.25) is 0 Å². The maximum atomic E-state index is 13.9. The third-order valence-electron chi connectivity index (χ3n) is 3.19. The van der Waals surface area contributed by atoms with Crippen LogP contribution < -0.4 is 10.6 Å². The van der Waals surface area contributed by atoms with Crippen molar-refractivity contribution in [2.24, 2.45) is 5.73 Å². The summed E-state index contributed by atoms with van der Waals surface area (Å²) in [6.07, 6.45) is 1.65. The van der Waals surface area contributed by atoms with Crippen molar-refractivity contribution in [2.45, 2.75) is 45.7 Å². The number of nitrogens with two attached hydrogens (primary N) is 1. The van der Waals surface area contributed by atoms with Gasteiger partial charge in [-0.05, 0) is 44.4 Å². The van der Waals surface area contributed by atoms with Crippen LogP contribution in [0.3, 0.4) is 0 Å². The Morgan fingerprint density at radius 3 is 2.47 bits per heavy atom. The Morgan fingerprint density at radius 1 is 1.35 bits per heavy atom. The van der Waals surface area contributed by atoms with Gasteiger partial charge < -0.3 is 10.6 Å². The van der Waals surface area contributed by atoms with Crippen LogP contribution in [0, 0.1) is 5.82 Å². The van der Waals surface area contributed by atoms with E-state index in [9.17, 15) is 4.39 Å². The molecule has 0 fully saturated rings. The minimum atomic E-state index is -0.165. The van der Waals surface area contributed by atoms with Crippen LogP contribution in [0.15, 0.2) is 18.2 Å². The van der Waals surface area contributed by atoms with E-state index in [4.69, 9.17) is 5.73 Å². The van der Waals surface area contributed by atoms with Gasteiger partial charge in [-0.2, -0.15) is 0 Å². The maximum absolute atomic E-state index is 13.9. The van der Waals surface area contributed by atoms with Crippen LogP contribution in [0.25, 0.3) is 0 Å². The van der Waals surface area contributed by atoms with E-state index in [1.54, 1.807) is 6.07 Å². The molecular weight excluding hydrogens is 215 g/mol. The van der Waals surface area contributed by atoms with E-state index in [0.29, 0.717) is 5.69 Å². The molecule has 0 aliphatic rings. The summed E-state index contributed by atoms with van der Waals surface area (Å²) in [6, 6.07) is 5.81. The van der Waals surface area contributed by atoms with Gasteiger partial charge in [0, 0.05) is 19.1 Å². The highest BCUT2D eigenvalue weighted by Gasteiger charge is 2.11. The zero-order valence-corrected chi connectivity index (χ0v) is 11.2. The summed E-state index contributed by atoms with van der Waals surface area (Å²) >= 11 is 0. The lowest BCUT2D eigenvalue weighted by atomic mass is 10.0. The molecule has 1 aromatic rings. The fraction of sp³-hybridized carbons (Fsp3) is 0.571. The van der Waals surface area contributed by atoms with Gasteiger partial charge in [0.05, 0.1) is 5.69 Å². The standard InChI is InChI=1S/C14H23FN2/c1-5-12(16)8-11-6-7-14(13(15)9-11)17(4)10(2)3/h6-7,9-10,12H,5,8,16H2,1-4H3. The number of halogens is 1. The van der Waals surface area contributed by atoms with E-state index in [2.05, 4.69) is 0 Å². The summed E-state index contributed by atoms with van der Waals surface area (Å²) in [6.45, 7) is 6.13. The Hall–Kier alpha value is -1.09. The molecule has 0 amide bonds. The van der Waals surface area contributed by atoms with E-state index < -0.39 is 0 Å². The highest BCUT2D eigenvalue weighted by Crippen LogP contribution is 2.21. The molecule has 1 aromatic carbocycles. The average Bonchev–Trinajstić information content (AvgIpc) is 2.28. The van der Waals surface area contributed by atoms with Gasteiger partial charge in [0.25, 0.3) is 0 Å². The second-order valence-electron chi connectivity index (χ2n) is 4.86. The zero-order valence-electron chi connectivity index (χ0n) is 11.2. The van der Waals surface area contributed by atoms with Crippen molar-refractivity contribution in [1.82, 2.24) is 0 Å². The van der Waals surface area contributed by atoms with Crippen molar-refractivity contribution in [3.8, 4) is 0 Å². The van der Waals surface area contributed by atoms with Crippen LogP contribution in [0.5, 0.6) is 0 Å². The summed E-state index contributed by atoms with van der Waals surface area (Å²) in [5.41, 5.74) is 7.49. The van der Waals surface area contributed by atoms with Gasteiger partial charge in [-0.25, -0.2) is 4.39 Å². The molecule has 0 aliphatic heterocycles. The van der Waals surface area contributed by atoms with Gasteiger partial charge in [-0.3, -0.25) is 0 Å². The Morgan fingerprint density at radius 2 is 2.00 bits per heavy atom. The predicted octanol–water partition coefficient (Wildman–Crippen LogP) is 2.95. The van der Waals surface area contributed by atoms with Crippen LogP contribution >= 0.6 is 0 Å². The molecule has 0 bridgehead atoms. The first kappa shape index (κ1) is 14.0. The highest BCUT2D eigenvalue weighted by molar-refractivity contribution is 5.49. The number of nitrogens with zero attached hydrogens (tertiary/aromatic N) is 1. The minimum Gasteiger partial charge on any atom is -0.370 e. The molecular formula is C14H23FN2. The van der Waals surface area contributed by atoms with Crippen molar-refractivity contribution in [2.75, 3.05) is 11.9 Å². The van der Waals surface area contributed by atoms with Crippen LogP contribution in [-0.2, 0) is 6.42 Å². The fourth-order valence-electron chi connectivity index (χ4n) is 1.69. The Bertz CT molecular complexity index is 363. The molecule has 0 spiro atoms. The highest BCUT2D eigenvalue weighted by atomic mass is 19.1. The minimum absolute atomic E-state index is 0.114. The van der Waals surface area contributed by atoms with Gasteiger partial charge >= 0.3 is 0 Å². The molecule has 2 nitrogen and oxygen atoms in total. The monoisotopic (exact) mass is 238 g/mol. The molecule has 1 atom stereocenters. The van der Waals surface area contributed by atoms with Crippen molar-refractivity contribution in [3.05, 3.63) is 29.6 Å². The first-order chi connectivity index (χ1) is 7.95. The van der Waals surface area contributed by atoms with Gasteiger partial charge in [0.1, 0.15) is 5.82 Å². The zero-order chi connectivity index (χ0) is 13.0. The predicted molar refractivity (Wildman–Crippen MR) is 71.9 cm³/mol. The lowest BCUT2D eigenvalue weighted by molar-refractivity contribution is 0.604. The summed E-state index contributed by atoms with van der Waals surface area (Å²) in [5.74, 6) is -0.165. The van der Waals surface area contributed by atoms with Gasteiger partial charge in [0.15, 0.2) is 0 Å². The maximum Gasteiger partial charge on any atom is 0.146 e. The molecule has 1 rings (SSSR count). The first-order valence-electron chi connectivity index (χ1n) is 6.22. The molecule has 2 N–H and O–H groups in total. The number of anilines is 1. The van der Waals surface area contributed by atoms with Crippen molar-refractivity contribution < 1.29 is 4.39 Å². The Balaban J connectivity index is 2.86. The molecule has 0 aliphatic carbocycles. The second-order valence-corrected chi connectivity index (χ2v) is 4.86. The van der Waals surface area contributed by atoms with E-state index in [0.717, 1.165) is 18.4 Å². The molecule has 17 heavy (non-hydrogen) atoms. The van der Waals surface area contributed by atoms with E-state index >= 15 is 0 Å². The summed E-state index contributed by atoms with van der Waals surface area (Å²) < 4.78 is 13.9. The molecule has 0 saturated heterocycles. The topological polar surface area (TPSA) is 29.3 Å². The smallest absolute Gasteiger partial charge is 0.146 e.